The first-order valence-corrected chi connectivity index (χ1v) is 15.6. The molecule has 1 heterocycles. The number of benzene rings is 3. The number of halogens is 2. The van der Waals surface area contributed by atoms with E-state index >= 15 is 0 Å². The molecule has 238 valence electrons. The summed E-state index contributed by atoms with van der Waals surface area (Å²) in [6, 6.07) is 15.7. The number of urea groups is 1. The number of esters is 1. The average molecular weight is 746 g/mol. The van der Waals surface area contributed by atoms with Crippen molar-refractivity contribution in [2.75, 3.05) is 20.3 Å². The number of hydrogen-bond donors (Lipinski definition) is 4. The van der Waals surface area contributed by atoms with Gasteiger partial charge in [-0.25, -0.2) is 9.59 Å². The molecular weight excluding hydrogens is 712 g/mol. The molecule has 4 rings (SSSR count). The van der Waals surface area contributed by atoms with Gasteiger partial charge in [-0.3, -0.25) is 5.43 Å². The van der Waals surface area contributed by atoms with Gasteiger partial charge < -0.3 is 34.7 Å². The van der Waals surface area contributed by atoms with Crippen LogP contribution >= 0.6 is 31.9 Å². The lowest BCUT2D eigenvalue weighted by Gasteiger charge is -2.28. The van der Waals surface area contributed by atoms with Crippen molar-refractivity contribution < 1.29 is 33.6 Å². The van der Waals surface area contributed by atoms with E-state index in [1.165, 1.54) is 12.7 Å². The number of aliphatic hydroxyl groups is 1. The first-order valence-electron chi connectivity index (χ1n) is 14.0. The maximum atomic E-state index is 12.4. The Hall–Kier alpha value is -4.07. The van der Waals surface area contributed by atoms with Crippen LogP contribution in [0.4, 0.5) is 4.79 Å². The number of ether oxygens (including phenoxy) is 4. The number of hydrazone groups is 1. The lowest BCUT2D eigenvalue weighted by Crippen LogP contribution is -2.45. The van der Waals surface area contributed by atoms with E-state index in [0.29, 0.717) is 41.7 Å². The van der Waals surface area contributed by atoms with Crippen LogP contribution in [0, 0.1) is 6.92 Å². The SMILES string of the molecule is CCOc1cc([C@H]2NC(=O)NC(C)=C2C(=O)OC)ccc1OC[C@@H](O)N/N=C\c1cc(Br)c(OCc2cccc(C)c2)c(Br)c1. The molecule has 13 heteroatoms. The van der Waals surface area contributed by atoms with Gasteiger partial charge in [0, 0.05) is 5.70 Å². The number of aliphatic hydroxyl groups excluding tert-OH is 1. The maximum Gasteiger partial charge on any atom is 0.337 e. The van der Waals surface area contributed by atoms with Crippen LogP contribution in [0.15, 0.2) is 79.9 Å². The van der Waals surface area contributed by atoms with Crippen LogP contribution in [0.5, 0.6) is 17.2 Å². The van der Waals surface area contributed by atoms with Crippen molar-refractivity contribution in [3.63, 3.8) is 0 Å². The number of allylic oxidation sites excluding steroid dienone is 1. The van der Waals surface area contributed by atoms with Crippen molar-refractivity contribution >= 4 is 50.1 Å². The highest BCUT2D eigenvalue weighted by Crippen LogP contribution is 2.36. The van der Waals surface area contributed by atoms with Crippen LogP contribution in [0.1, 0.15) is 42.1 Å². The summed E-state index contributed by atoms with van der Waals surface area (Å²) in [5.41, 5.74) is 6.89. The van der Waals surface area contributed by atoms with Gasteiger partial charge in [0.15, 0.2) is 17.7 Å². The van der Waals surface area contributed by atoms with E-state index in [4.69, 9.17) is 18.9 Å². The van der Waals surface area contributed by atoms with Gasteiger partial charge in [0.2, 0.25) is 0 Å². The standard InChI is InChI=1S/C32H34Br2N4O7/c1-5-43-26-14-22(29-28(31(40)42-4)19(3)36-32(41)37-29)9-10-25(26)44-17-27(39)38-35-15-21-12-23(33)30(24(34)13-21)45-16-20-8-6-7-18(2)11-20/h6-15,27,29,38-39H,5,16-17H2,1-4H3,(H2,36,37,41)/b35-15-/t27-,29-/m1/s1. The Morgan fingerprint density at radius 3 is 2.51 bits per heavy atom. The van der Waals surface area contributed by atoms with Gasteiger partial charge in [-0.05, 0) is 93.6 Å². The summed E-state index contributed by atoms with van der Waals surface area (Å²) in [6.45, 7) is 6.10. The van der Waals surface area contributed by atoms with Gasteiger partial charge in [0.25, 0.3) is 0 Å². The maximum absolute atomic E-state index is 12.4. The molecule has 0 saturated heterocycles. The van der Waals surface area contributed by atoms with Gasteiger partial charge in [0.05, 0.1) is 40.5 Å². The highest BCUT2D eigenvalue weighted by atomic mass is 79.9. The van der Waals surface area contributed by atoms with Crippen LogP contribution in [-0.4, -0.2) is 49.9 Å². The molecule has 0 aromatic heterocycles. The first-order chi connectivity index (χ1) is 21.6. The van der Waals surface area contributed by atoms with Crippen LogP contribution in [0.25, 0.3) is 0 Å². The Bertz CT molecular complexity index is 1590. The van der Waals surface area contributed by atoms with Crippen molar-refractivity contribution in [1.29, 1.82) is 0 Å². The molecule has 2 amide bonds. The fraction of sp³-hybridized carbons (Fsp3) is 0.281. The minimum atomic E-state index is -1.14. The van der Waals surface area contributed by atoms with Gasteiger partial charge in [-0.2, -0.15) is 5.10 Å². The van der Waals surface area contributed by atoms with Crippen molar-refractivity contribution in [3.8, 4) is 17.2 Å². The lowest BCUT2D eigenvalue weighted by molar-refractivity contribution is -0.136. The molecule has 11 nitrogen and oxygen atoms in total. The molecule has 1 aliphatic rings. The second-order valence-corrected chi connectivity index (χ2v) is 11.7. The third-order valence-electron chi connectivity index (χ3n) is 6.60. The van der Waals surface area contributed by atoms with E-state index in [0.717, 1.165) is 20.1 Å². The second-order valence-electron chi connectivity index (χ2n) is 10.0. The molecule has 0 aliphatic carbocycles. The Balaban J connectivity index is 1.37. The van der Waals surface area contributed by atoms with E-state index in [9.17, 15) is 14.7 Å². The summed E-state index contributed by atoms with van der Waals surface area (Å²) in [7, 11) is 1.28. The summed E-state index contributed by atoms with van der Waals surface area (Å²) >= 11 is 7.12. The number of carbonyl (C=O) groups excluding carboxylic acids is 2. The number of aryl methyl sites for hydroxylation is 1. The van der Waals surface area contributed by atoms with Crippen molar-refractivity contribution in [3.05, 3.63) is 97.1 Å². The Kier molecular flexibility index (Phi) is 11.9. The summed E-state index contributed by atoms with van der Waals surface area (Å²) in [4.78, 5) is 24.6. The fourth-order valence-corrected chi connectivity index (χ4v) is 6.02. The Morgan fingerprint density at radius 1 is 1.07 bits per heavy atom. The Labute approximate surface area is 278 Å². The van der Waals surface area contributed by atoms with E-state index in [1.807, 2.05) is 44.2 Å². The summed E-state index contributed by atoms with van der Waals surface area (Å²) in [6.07, 6.45) is 0.421. The van der Waals surface area contributed by atoms with Gasteiger partial charge in [0.1, 0.15) is 19.0 Å². The molecule has 45 heavy (non-hydrogen) atoms. The zero-order valence-electron chi connectivity index (χ0n) is 25.1. The molecule has 1 aliphatic heterocycles. The Morgan fingerprint density at radius 2 is 1.82 bits per heavy atom. The number of rotatable bonds is 13. The number of carbonyl (C=O) groups is 2. The average Bonchev–Trinajstić information content (AvgIpc) is 2.99. The monoisotopic (exact) mass is 744 g/mol. The van der Waals surface area contributed by atoms with Gasteiger partial charge in [-0.15, -0.1) is 0 Å². The summed E-state index contributed by atoms with van der Waals surface area (Å²) in [5.74, 6) is 0.835. The van der Waals surface area contributed by atoms with Gasteiger partial charge >= 0.3 is 12.0 Å². The van der Waals surface area contributed by atoms with Gasteiger partial charge in [-0.1, -0.05) is 35.9 Å². The second kappa shape index (κ2) is 15.8. The molecule has 3 aromatic carbocycles. The predicted octanol–water partition coefficient (Wildman–Crippen LogP) is 5.62. The number of nitrogens with zero attached hydrogens (tertiary/aromatic N) is 1. The topological polar surface area (TPSA) is 140 Å². The quantitative estimate of drug-likeness (QED) is 0.0766. The number of hydrogen-bond acceptors (Lipinski definition) is 9. The molecule has 3 aromatic rings. The number of methoxy groups -OCH3 is 1. The van der Waals surface area contributed by atoms with Crippen molar-refractivity contribution in [2.45, 2.75) is 39.6 Å². The molecule has 0 fully saturated rings. The summed E-state index contributed by atoms with van der Waals surface area (Å²) in [5, 5.41) is 19.9. The molecule has 0 spiro atoms. The number of nitrogens with one attached hydrogen (secondary N) is 3. The summed E-state index contributed by atoms with van der Waals surface area (Å²) < 4.78 is 24.0. The third-order valence-corrected chi connectivity index (χ3v) is 7.77. The molecule has 0 unspecified atom stereocenters. The third kappa shape index (κ3) is 8.99. The van der Waals surface area contributed by atoms with Crippen molar-refractivity contribution in [2.24, 2.45) is 5.10 Å². The molecule has 4 N–H and O–H groups in total. The van der Waals surface area contributed by atoms with Crippen LogP contribution < -0.4 is 30.3 Å². The molecule has 0 saturated carbocycles. The smallest absolute Gasteiger partial charge is 0.337 e. The van der Waals surface area contributed by atoms with Crippen molar-refractivity contribution in [1.82, 2.24) is 16.1 Å². The normalized spacial score (nSPS) is 15.3. The highest BCUT2D eigenvalue weighted by Gasteiger charge is 2.32. The molecule has 2 atom stereocenters. The highest BCUT2D eigenvalue weighted by molar-refractivity contribution is 9.11. The minimum Gasteiger partial charge on any atom is -0.490 e. The number of amides is 2. The molecule has 0 radical (unpaired) electrons. The minimum absolute atomic E-state index is 0.146. The van der Waals surface area contributed by atoms with E-state index in [2.05, 4.69) is 59.1 Å². The lowest BCUT2D eigenvalue weighted by atomic mass is 9.95. The fourth-order valence-electron chi connectivity index (χ4n) is 4.57. The zero-order chi connectivity index (χ0) is 32.5. The molecular formula is C32H34Br2N4O7. The molecule has 0 bridgehead atoms. The predicted molar refractivity (Wildman–Crippen MR) is 176 cm³/mol. The first kappa shape index (κ1) is 33.8. The van der Waals surface area contributed by atoms with E-state index in [1.54, 1.807) is 31.3 Å². The van der Waals surface area contributed by atoms with Crippen LogP contribution in [-0.2, 0) is 16.1 Å². The van der Waals surface area contributed by atoms with E-state index in [-0.39, 0.29) is 12.2 Å². The largest absolute Gasteiger partial charge is 0.490 e. The van der Waals surface area contributed by atoms with Crippen LogP contribution in [0.2, 0.25) is 0 Å². The zero-order valence-corrected chi connectivity index (χ0v) is 28.3. The van der Waals surface area contributed by atoms with E-state index < -0.39 is 24.3 Å². The van der Waals surface area contributed by atoms with Crippen LogP contribution in [0.3, 0.4) is 0 Å².